The lowest BCUT2D eigenvalue weighted by atomic mass is 10.0. The minimum atomic E-state index is -0.718. The molecule has 0 amide bonds. The van der Waals surface area contributed by atoms with Gasteiger partial charge in [0.15, 0.2) is 0 Å². The van der Waals surface area contributed by atoms with E-state index in [0.29, 0.717) is 6.54 Å². The Morgan fingerprint density at radius 2 is 1.62 bits per heavy atom. The molecule has 0 aromatic carbocycles. The van der Waals surface area contributed by atoms with Gasteiger partial charge >= 0.3 is 0 Å². The highest BCUT2D eigenvalue weighted by Crippen LogP contribution is 2.16. The fraction of sp³-hybridized carbons (Fsp3) is 0.917. The van der Waals surface area contributed by atoms with Crippen molar-refractivity contribution in [1.29, 1.82) is 5.26 Å². The Morgan fingerprint density at radius 1 is 1.12 bits per heavy atom. The molecule has 1 fully saturated rings. The first-order chi connectivity index (χ1) is 7.24. The molecule has 16 heavy (non-hydrogen) atoms. The second kappa shape index (κ2) is 4.70. The number of rotatable bonds is 2. The monoisotopic (exact) mass is 224 g/mol. The van der Waals surface area contributed by atoms with E-state index in [9.17, 15) is 0 Å². The fourth-order valence-corrected chi connectivity index (χ4v) is 2.08. The molecule has 0 radical (unpaired) electrons. The third-order valence-electron chi connectivity index (χ3n) is 3.13. The maximum absolute atomic E-state index is 8.89. The molecule has 0 saturated carbocycles. The van der Waals surface area contributed by atoms with Crippen LogP contribution in [0.1, 0.15) is 27.7 Å². The smallest absolute Gasteiger partial charge is 0.114 e. The van der Waals surface area contributed by atoms with E-state index in [1.165, 1.54) is 0 Å². The lowest BCUT2D eigenvalue weighted by molar-refractivity contribution is 0.0572. The van der Waals surface area contributed by atoms with Crippen LogP contribution in [0.25, 0.3) is 0 Å². The summed E-state index contributed by atoms with van der Waals surface area (Å²) < 4.78 is 0. The molecule has 0 aliphatic carbocycles. The van der Waals surface area contributed by atoms with E-state index in [0.717, 1.165) is 26.2 Å². The highest BCUT2D eigenvalue weighted by atomic mass is 15.3. The van der Waals surface area contributed by atoms with Crippen molar-refractivity contribution in [3.05, 3.63) is 0 Å². The number of nitrogens with zero attached hydrogens (tertiary/aromatic N) is 3. The van der Waals surface area contributed by atoms with Crippen molar-refractivity contribution in [2.24, 2.45) is 5.73 Å². The number of piperazine rings is 1. The van der Waals surface area contributed by atoms with Gasteiger partial charge in [-0.25, -0.2) is 0 Å². The van der Waals surface area contributed by atoms with Crippen LogP contribution in [0.15, 0.2) is 0 Å². The van der Waals surface area contributed by atoms with E-state index in [4.69, 9.17) is 11.0 Å². The van der Waals surface area contributed by atoms with Crippen molar-refractivity contribution in [2.45, 2.75) is 38.8 Å². The molecule has 0 spiro atoms. The average molecular weight is 224 g/mol. The molecule has 1 heterocycles. The van der Waals surface area contributed by atoms with Crippen LogP contribution >= 0.6 is 0 Å². The van der Waals surface area contributed by atoms with E-state index in [2.05, 4.69) is 36.6 Å². The summed E-state index contributed by atoms with van der Waals surface area (Å²) in [6.45, 7) is 13.3. The molecule has 0 bridgehead atoms. The summed E-state index contributed by atoms with van der Waals surface area (Å²) in [5.74, 6) is 0. The summed E-state index contributed by atoms with van der Waals surface area (Å²) in [6.07, 6.45) is 0. The maximum atomic E-state index is 8.89. The quantitative estimate of drug-likeness (QED) is 0.748. The van der Waals surface area contributed by atoms with E-state index >= 15 is 0 Å². The van der Waals surface area contributed by atoms with Crippen LogP contribution in [0, 0.1) is 11.3 Å². The number of nitriles is 1. The Labute approximate surface area is 99.0 Å². The molecule has 92 valence electrons. The van der Waals surface area contributed by atoms with Gasteiger partial charge in [0.05, 0.1) is 6.07 Å². The molecule has 1 saturated heterocycles. The van der Waals surface area contributed by atoms with Gasteiger partial charge in [0.2, 0.25) is 0 Å². The van der Waals surface area contributed by atoms with E-state index < -0.39 is 5.54 Å². The van der Waals surface area contributed by atoms with Crippen molar-refractivity contribution in [3.63, 3.8) is 0 Å². The van der Waals surface area contributed by atoms with Crippen LogP contribution in [-0.4, -0.2) is 53.6 Å². The zero-order chi connectivity index (χ0) is 12.4. The molecule has 1 aliphatic heterocycles. The van der Waals surface area contributed by atoms with Gasteiger partial charge in [0.1, 0.15) is 5.54 Å². The van der Waals surface area contributed by atoms with Crippen LogP contribution in [0.5, 0.6) is 0 Å². The topological polar surface area (TPSA) is 56.3 Å². The molecule has 1 rings (SSSR count). The van der Waals surface area contributed by atoms with Crippen LogP contribution in [0.4, 0.5) is 0 Å². The van der Waals surface area contributed by atoms with Crippen LogP contribution < -0.4 is 5.73 Å². The Balaban J connectivity index is 2.42. The molecule has 0 aromatic heterocycles. The van der Waals surface area contributed by atoms with Crippen LogP contribution in [0.3, 0.4) is 0 Å². The summed E-state index contributed by atoms with van der Waals surface area (Å²) >= 11 is 0. The summed E-state index contributed by atoms with van der Waals surface area (Å²) in [6, 6.07) is 2.15. The number of hydrogen-bond donors (Lipinski definition) is 1. The molecular weight excluding hydrogens is 200 g/mol. The first kappa shape index (κ1) is 13.4. The van der Waals surface area contributed by atoms with Gasteiger partial charge in [-0.2, -0.15) is 5.26 Å². The van der Waals surface area contributed by atoms with Crippen molar-refractivity contribution < 1.29 is 0 Å². The second-order valence-electron chi connectivity index (χ2n) is 5.96. The van der Waals surface area contributed by atoms with Gasteiger partial charge in [-0.3, -0.25) is 9.80 Å². The van der Waals surface area contributed by atoms with Crippen molar-refractivity contribution in [2.75, 3.05) is 32.7 Å². The van der Waals surface area contributed by atoms with Gasteiger partial charge in [-0.1, -0.05) is 0 Å². The molecular formula is C12H24N4. The minimum absolute atomic E-state index is 0.243. The van der Waals surface area contributed by atoms with Gasteiger partial charge in [0, 0.05) is 38.3 Å². The highest BCUT2D eigenvalue weighted by molar-refractivity contribution is 5.03. The molecule has 1 aliphatic rings. The zero-order valence-electron chi connectivity index (χ0n) is 11.0. The van der Waals surface area contributed by atoms with Crippen LogP contribution in [-0.2, 0) is 0 Å². The van der Waals surface area contributed by atoms with Gasteiger partial charge < -0.3 is 5.73 Å². The molecule has 1 unspecified atom stereocenters. The lowest BCUT2D eigenvalue weighted by Gasteiger charge is -2.43. The first-order valence-corrected chi connectivity index (χ1v) is 5.92. The van der Waals surface area contributed by atoms with Gasteiger partial charge in [0.25, 0.3) is 0 Å². The normalized spacial score (nSPS) is 23.8. The maximum Gasteiger partial charge on any atom is 0.114 e. The van der Waals surface area contributed by atoms with Gasteiger partial charge in [-0.05, 0) is 27.7 Å². The Hall–Kier alpha value is -0.630. The molecule has 4 nitrogen and oxygen atoms in total. The van der Waals surface area contributed by atoms with E-state index in [1.807, 2.05) is 0 Å². The van der Waals surface area contributed by atoms with E-state index in [-0.39, 0.29) is 5.54 Å². The summed E-state index contributed by atoms with van der Waals surface area (Å²) in [5.41, 5.74) is 5.38. The molecule has 1 atom stereocenters. The van der Waals surface area contributed by atoms with Crippen LogP contribution in [0.2, 0.25) is 0 Å². The second-order valence-corrected chi connectivity index (χ2v) is 5.96. The number of nitrogens with two attached hydrogens (primary N) is 1. The average Bonchev–Trinajstić information content (AvgIpc) is 2.16. The predicted octanol–water partition coefficient (Wildman–Crippen LogP) is 0.643. The third kappa shape index (κ3) is 3.75. The molecule has 2 N–H and O–H groups in total. The number of hydrogen-bond acceptors (Lipinski definition) is 4. The summed E-state index contributed by atoms with van der Waals surface area (Å²) in [7, 11) is 0. The largest absolute Gasteiger partial charge is 0.313 e. The molecule has 0 aromatic rings. The van der Waals surface area contributed by atoms with Crippen molar-refractivity contribution in [3.8, 4) is 6.07 Å². The predicted molar refractivity (Wildman–Crippen MR) is 66.0 cm³/mol. The molecule has 4 heteroatoms. The first-order valence-electron chi connectivity index (χ1n) is 5.92. The Bertz CT molecular complexity index is 264. The van der Waals surface area contributed by atoms with Crippen molar-refractivity contribution in [1.82, 2.24) is 9.80 Å². The van der Waals surface area contributed by atoms with Crippen molar-refractivity contribution >= 4 is 0 Å². The fourth-order valence-electron chi connectivity index (χ4n) is 2.08. The third-order valence-corrected chi connectivity index (χ3v) is 3.13. The lowest BCUT2D eigenvalue weighted by Crippen LogP contribution is -2.57. The minimum Gasteiger partial charge on any atom is -0.313 e. The highest BCUT2D eigenvalue weighted by Gasteiger charge is 2.28. The summed E-state index contributed by atoms with van der Waals surface area (Å²) in [4.78, 5) is 4.76. The van der Waals surface area contributed by atoms with E-state index in [1.54, 1.807) is 6.92 Å². The van der Waals surface area contributed by atoms with Gasteiger partial charge in [-0.15, -0.1) is 0 Å². The Kier molecular flexibility index (Phi) is 3.95. The standard InChI is InChI=1S/C12H24N4/c1-11(2,3)16-7-5-15(6-8-16)10-12(4,14)9-13/h5-8,10,14H2,1-4H3. The zero-order valence-corrected chi connectivity index (χ0v) is 11.0. The Morgan fingerprint density at radius 3 is 2.00 bits per heavy atom. The SMILES string of the molecule is CC(N)(C#N)CN1CCN(C(C)(C)C)CC1. The summed E-state index contributed by atoms with van der Waals surface area (Å²) in [5, 5.41) is 8.89.